The number of hydrogen-bond acceptors (Lipinski definition) is 6. The summed E-state index contributed by atoms with van der Waals surface area (Å²) in [5.74, 6) is 0.00638. The smallest absolute Gasteiger partial charge is 0.264 e. The van der Waals surface area contributed by atoms with Crippen LogP contribution in [-0.2, 0) is 14.8 Å². The Bertz CT molecular complexity index is 1650. The average molecular weight is 581 g/mol. The molecule has 0 aliphatic heterocycles. The van der Waals surface area contributed by atoms with Gasteiger partial charge in [-0.2, -0.15) is 5.10 Å². The van der Waals surface area contributed by atoms with Crippen molar-refractivity contribution >= 4 is 39.4 Å². The van der Waals surface area contributed by atoms with E-state index in [4.69, 9.17) is 21.1 Å². The van der Waals surface area contributed by atoms with E-state index in [0.717, 1.165) is 26.9 Å². The Kier molecular flexibility index (Phi) is 8.81. The monoisotopic (exact) mass is 580 g/mol. The van der Waals surface area contributed by atoms with Crippen LogP contribution in [0.15, 0.2) is 88.9 Å². The van der Waals surface area contributed by atoms with Crippen molar-refractivity contribution in [1.29, 1.82) is 0 Å². The van der Waals surface area contributed by atoms with Gasteiger partial charge in [-0.15, -0.1) is 0 Å². The van der Waals surface area contributed by atoms with Crippen LogP contribution in [-0.4, -0.2) is 45.9 Å². The van der Waals surface area contributed by atoms with Crippen molar-refractivity contribution in [2.75, 3.05) is 25.1 Å². The summed E-state index contributed by atoms with van der Waals surface area (Å²) >= 11 is 6.17. The number of nitrogens with one attached hydrogen (secondary N) is 1. The molecule has 1 heterocycles. The number of carbonyl (C=O) groups excluding carboxylic acids is 1. The molecular weight excluding hydrogens is 552 g/mol. The Hall–Kier alpha value is -4.28. The fourth-order valence-corrected chi connectivity index (χ4v) is 5.91. The van der Waals surface area contributed by atoms with E-state index in [0.29, 0.717) is 10.8 Å². The summed E-state index contributed by atoms with van der Waals surface area (Å²) in [6.45, 7) is 3.33. The van der Waals surface area contributed by atoms with E-state index in [1.54, 1.807) is 36.4 Å². The SMILES string of the molecule is COc1ccc(OC)c(N(CC(=O)N/N=C/c2cc(C)n(-c3cccc(Cl)c3)c2C)S(=O)(=O)c2ccccc2)c1. The van der Waals surface area contributed by atoms with Gasteiger partial charge in [0.1, 0.15) is 18.0 Å². The Morgan fingerprint density at radius 2 is 1.75 bits per heavy atom. The van der Waals surface area contributed by atoms with Gasteiger partial charge in [-0.25, -0.2) is 13.8 Å². The molecule has 4 rings (SSSR count). The van der Waals surface area contributed by atoms with Crippen molar-refractivity contribution in [3.63, 3.8) is 0 Å². The second kappa shape index (κ2) is 12.3. The van der Waals surface area contributed by atoms with Crippen molar-refractivity contribution < 1.29 is 22.7 Å². The number of hydrazone groups is 1. The first-order valence-electron chi connectivity index (χ1n) is 12.2. The standard InChI is InChI=1S/C29H29ClN4O5S/c1-20-15-22(21(2)34(20)24-10-8-9-23(30)16-24)18-31-32-29(35)19-33(40(36,37)26-11-6-5-7-12-26)27-17-25(38-3)13-14-28(27)39-4/h5-18H,19H2,1-4H3,(H,32,35)/b31-18+. The lowest BCUT2D eigenvalue weighted by molar-refractivity contribution is -0.119. The Labute approximate surface area is 238 Å². The summed E-state index contributed by atoms with van der Waals surface area (Å²) in [6.07, 6.45) is 1.52. The van der Waals surface area contributed by atoms with Crippen LogP contribution in [0.3, 0.4) is 0 Å². The lowest BCUT2D eigenvalue weighted by atomic mass is 10.2. The fraction of sp³-hybridized carbons (Fsp3) is 0.172. The van der Waals surface area contributed by atoms with Gasteiger partial charge in [-0.05, 0) is 62.4 Å². The molecule has 0 atom stereocenters. The summed E-state index contributed by atoms with van der Waals surface area (Å²) in [7, 11) is -1.27. The number of aryl methyl sites for hydroxylation is 1. The molecule has 0 aliphatic carbocycles. The number of methoxy groups -OCH3 is 2. The number of ether oxygens (including phenoxy) is 2. The van der Waals surface area contributed by atoms with Gasteiger partial charge in [0, 0.05) is 33.7 Å². The molecule has 0 bridgehead atoms. The minimum Gasteiger partial charge on any atom is -0.497 e. The number of sulfonamides is 1. The first kappa shape index (κ1) is 28.7. The van der Waals surface area contributed by atoms with E-state index in [2.05, 4.69) is 10.5 Å². The zero-order valence-corrected chi connectivity index (χ0v) is 24.0. The molecule has 0 unspecified atom stereocenters. The molecule has 0 radical (unpaired) electrons. The zero-order chi connectivity index (χ0) is 28.9. The maximum Gasteiger partial charge on any atom is 0.264 e. The minimum atomic E-state index is -4.16. The van der Waals surface area contributed by atoms with Gasteiger partial charge < -0.3 is 14.0 Å². The number of rotatable bonds is 10. The van der Waals surface area contributed by atoms with Gasteiger partial charge in [-0.3, -0.25) is 9.10 Å². The molecule has 9 nitrogen and oxygen atoms in total. The first-order valence-corrected chi connectivity index (χ1v) is 14.0. The largest absolute Gasteiger partial charge is 0.497 e. The van der Waals surface area contributed by atoms with Gasteiger partial charge in [0.2, 0.25) is 0 Å². The zero-order valence-electron chi connectivity index (χ0n) is 22.5. The van der Waals surface area contributed by atoms with E-state index >= 15 is 0 Å². The molecule has 208 valence electrons. The molecule has 0 saturated heterocycles. The number of halogens is 1. The maximum atomic E-state index is 13.7. The van der Waals surface area contributed by atoms with Crippen molar-refractivity contribution in [3.05, 3.63) is 101 Å². The summed E-state index contributed by atoms with van der Waals surface area (Å²) < 4.78 is 41.1. The second-order valence-corrected chi connectivity index (χ2v) is 11.1. The lowest BCUT2D eigenvalue weighted by Gasteiger charge is -2.25. The van der Waals surface area contributed by atoms with Gasteiger partial charge in [0.05, 0.1) is 31.0 Å². The number of hydrogen-bond donors (Lipinski definition) is 1. The fourth-order valence-electron chi connectivity index (χ4n) is 4.28. The molecule has 11 heteroatoms. The predicted octanol–water partition coefficient (Wildman–Crippen LogP) is 5.11. The molecule has 40 heavy (non-hydrogen) atoms. The third-order valence-corrected chi connectivity index (χ3v) is 8.21. The second-order valence-electron chi connectivity index (χ2n) is 8.80. The molecular formula is C29H29ClN4O5S. The van der Waals surface area contributed by atoms with Crippen LogP contribution < -0.4 is 19.2 Å². The van der Waals surface area contributed by atoms with Crippen molar-refractivity contribution in [3.8, 4) is 17.2 Å². The van der Waals surface area contributed by atoms with Gasteiger partial charge in [-0.1, -0.05) is 35.9 Å². The molecule has 0 spiro atoms. The lowest BCUT2D eigenvalue weighted by Crippen LogP contribution is -2.39. The number of anilines is 1. The van der Waals surface area contributed by atoms with E-state index in [1.165, 1.54) is 38.6 Å². The highest BCUT2D eigenvalue weighted by molar-refractivity contribution is 7.92. The van der Waals surface area contributed by atoms with Crippen LogP contribution in [0.4, 0.5) is 5.69 Å². The summed E-state index contributed by atoms with van der Waals surface area (Å²) in [5.41, 5.74) is 6.13. The summed E-state index contributed by atoms with van der Waals surface area (Å²) in [5, 5.41) is 4.73. The summed E-state index contributed by atoms with van der Waals surface area (Å²) in [4.78, 5) is 13.1. The highest BCUT2D eigenvalue weighted by atomic mass is 35.5. The predicted molar refractivity (Wildman–Crippen MR) is 157 cm³/mol. The third-order valence-electron chi connectivity index (χ3n) is 6.20. The normalized spacial score (nSPS) is 11.4. The molecule has 0 saturated carbocycles. The molecule has 1 aromatic heterocycles. The number of nitrogens with zero attached hydrogens (tertiary/aromatic N) is 3. The van der Waals surface area contributed by atoms with Gasteiger partial charge in [0.15, 0.2) is 0 Å². The van der Waals surface area contributed by atoms with Crippen molar-refractivity contribution in [1.82, 2.24) is 9.99 Å². The number of amides is 1. The highest BCUT2D eigenvalue weighted by Gasteiger charge is 2.30. The van der Waals surface area contributed by atoms with E-state index in [-0.39, 0.29) is 16.3 Å². The van der Waals surface area contributed by atoms with Crippen LogP contribution in [0, 0.1) is 13.8 Å². The number of benzene rings is 3. The van der Waals surface area contributed by atoms with Crippen molar-refractivity contribution in [2.24, 2.45) is 5.10 Å². The quantitative estimate of drug-likeness (QED) is 0.207. The number of carbonyl (C=O) groups is 1. The topological polar surface area (TPSA) is 102 Å². The Morgan fingerprint density at radius 3 is 2.42 bits per heavy atom. The molecule has 0 aliphatic rings. The third kappa shape index (κ3) is 6.13. The van der Waals surface area contributed by atoms with E-state index < -0.39 is 22.5 Å². The summed E-state index contributed by atoms with van der Waals surface area (Å²) in [6, 6.07) is 22.0. The Morgan fingerprint density at radius 1 is 1.00 bits per heavy atom. The van der Waals surface area contributed by atoms with E-state index in [9.17, 15) is 13.2 Å². The first-order chi connectivity index (χ1) is 19.1. The molecule has 1 N–H and O–H groups in total. The highest BCUT2D eigenvalue weighted by Crippen LogP contribution is 2.35. The van der Waals surface area contributed by atoms with E-state index in [1.807, 2.05) is 42.7 Å². The van der Waals surface area contributed by atoms with Crippen LogP contribution in [0.5, 0.6) is 11.5 Å². The number of aromatic nitrogens is 1. The van der Waals surface area contributed by atoms with Gasteiger partial charge in [0.25, 0.3) is 15.9 Å². The molecule has 3 aromatic carbocycles. The molecule has 4 aromatic rings. The van der Waals surface area contributed by atoms with Crippen LogP contribution in [0.1, 0.15) is 17.0 Å². The van der Waals surface area contributed by atoms with Crippen LogP contribution in [0.2, 0.25) is 5.02 Å². The maximum absolute atomic E-state index is 13.7. The Balaban J connectivity index is 1.61. The van der Waals surface area contributed by atoms with Crippen molar-refractivity contribution in [2.45, 2.75) is 18.7 Å². The van der Waals surface area contributed by atoms with Crippen LogP contribution in [0.25, 0.3) is 5.69 Å². The van der Waals surface area contributed by atoms with Gasteiger partial charge >= 0.3 is 0 Å². The minimum absolute atomic E-state index is 0.0182. The average Bonchev–Trinajstić information content (AvgIpc) is 3.24. The molecule has 0 fully saturated rings. The van der Waals surface area contributed by atoms with Crippen LogP contribution >= 0.6 is 11.6 Å². The molecule has 1 amide bonds.